The predicted molar refractivity (Wildman–Crippen MR) is 113 cm³/mol. The van der Waals surface area contributed by atoms with E-state index >= 15 is 0 Å². The molecule has 29 heavy (non-hydrogen) atoms. The Morgan fingerprint density at radius 1 is 1.03 bits per heavy atom. The second-order valence-electron chi connectivity index (χ2n) is 7.07. The van der Waals surface area contributed by atoms with Gasteiger partial charge in [0.25, 0.3) is 11.7 Å². The number of likely N-dealkylation sites (tertiary alicyclic amines) is 1. The molecule has 1 atom stereocenters. The zero-order chi connectivity index (χ0) is 20.8. The molecule has 1 fully saturated rings. The second-order valence-corrected chi connectivity index (χ2v) is 7.07. The Balaban J connectivity index is 2.11. The number of aliphatic hydroxyl groups excluding tert-OH is 1. The number of amides is 1. The van der Waals surface area contributed by atoms with Gasteiger partial charge in [-0.25, -0.2) is 0 Å². The van der Waals surface area contributed by atoms with Gasteiger partial charge in [-0.1, -0.05) is 62.2 Å². The lowest BCUT2D eigenvalue weighted by Gasteiger charge is -2.25. The summed E-state index contributed by atoms with van der Waals surface area (Å²) in [5.41, 5.74) is 1.40. The molecule has 3 rings (SSSR count). The Morgan fingerprint density at radius 3 is 2.48 bits per heavy atom. The molecule has 1 aliphatic heterocycles. The van der Waals surface area contributed by atoms with Crippen molar-refractivity contribution in [2.45, 2.75) is 39.2 Å². The molecule has 1 amide bonds. The van der Waals surface area contributed by atoms with Crippen LogP contribution in [0.15, 0.2) is 60.2 Å². The van der Waals surface area contributed by atoms with Crippen LogP contribution < -0.4 is 4.74 Å². The predicted octanol–water partition coefficient (Wildman–Crippen LogP) is 4.70. The van der Waals surface area contributed by atoms with E-state index in [1.54, 1.807) is 29.2 Å². The molecule has 1 N–H and O–H groups in total. The molecule has 5 nitrogen and oxygen atoms in total. The van der Waals surface area contributed by atoms with E-state index in [-0.39, 0.29) is 11.3 Å². The van der Waals surface area contributed by atoms with Crippen molar-refractivity contribution in [3.8, 4) is 5.75 Å². The Labute approximate surface area is 171 Å². The smallest absolute Gasteiger partial charge is 0.295 e. The highest BCUT2D eigenvalue weighted by Gasteiger charge is 2.45. The number of hydrogen-bond donors (Lipinski definition) is 1. The highest BCUT2D eigenvalue weighted by atomic mass is 16.5. The van der Waals surface area contributed by atoms with Crippen LogP contribution >= 0.6 is 0 Å². The number of aliphatic hydroxyl groups is 1. The summed E-state index contributed by atoms with van der Waals surface area (Å²) < 4.78 is 5.61. The fourth-order valence-electron chi connectivity index (χ4n) is 3.68. The molecule has 0 aliphatic carbocycles. The molecule has 2 aromatic carbocycles. The van der Waals surface area contributed by atoms with Gasteiger partial charge in [0, 0.05) is 12.1 Å². The van der Waals surface area contributed by atoms with E-state index in [0.717, 1.165) is 24.8 Å². The molecule has 0 radical (unpaired) electrons. The van der Waals surface area contributed by atoms with Crippen LogP contribution in [0.25, 0.3) is 5.76 Å². The van der Waals surface area contributed by atoms with E-state index in [0.29, 0.717) is 24.5 Å². The van der Waals surface area contributed by atoms with E-state index in [9.17, 15) is 14.7 Å². The Kier molecular flexibility index (Phi) is 6.70. The van der Waals surface area contributed by atoms with Gasteiger partial charge >= 0.3 is 0 Å². The van der Waals surface area contributed by atoms with Gasteiger partial charge in [-0.05, 0) is 31.0 Å². The number of ketones is 1. The highest BCUT2D eigenvalue weighted by molar-refractivity contribution is 6.46. The summed E-state index contributed by atoms with van der Waals surface area (Å²) in [5, 5.41) is 11.0. The minimum absolute atomic E-state index is 0.131. The topological polar surface area (TPSA) is 66.8 Å². The highest BCUT2D eigenvalue weighted by Crippen LogP contribution is 2.40. The molecule has 1 saturated heterocycles. The van der Waals surface area contributed by atoms with E-state index in [1.807, 2.05) is 37.3 Å². The summed E-state index contributed by atoms with van der Waals surface area (Å²) in [5.74, 6) is -0.683. The van der Waals surface area contributed by atoms with Crippen LogP contribution in [-0.2, 0) is 9.59 Å². The molecule has 0 bridgehead atoms. The molecular formula is C24H27NO4. The number of Topliss-reactive ketones (excluding diaryl/α,β-unsaturated/α-hetero) is 1. The summed E-state index contributed by atoms with van der Waals surface area (Å²) in [7, 11) is 0. The average molecular weight is 393 g/mol. The van der Waals surface area contributed by atoms with Crippen molar-refractivity contribution in [3.63, 3.8) is 0 Å². The number of carbonyl (C=O) groups excluding carboxylic acids is 2. The van der Waals surface area contributed by atoms with Crippen LogP contribution in [0, 0.1) is 0 Å². The number of carbonyl (C=O) groups is 2. The number of benzene rings is 2. The third kappa shape index (κ3) is 4.34. The maximum absolute atomic E-state index is 12.9. The number of rotatable bonds is 8. The van der Waals surface area contributed by atoms with E-state index in [1.165, 1.54) is 0 Å². The van der Waals surface area contributed by atoms with Gasteiger partial charge in [0.1, 0.15) is 11.5 Å². The van der Waals surface area contributed by atoms with Gasteiger partial charge < -0.3 is 14.7 Å². The van der Waals surface area contributed by atoms with Gasteiger partial charge in [-0.15, -0.1) is 0 Å². The standard InChI is InChI=1S/C24H27NO4/c1-3-5-9-15-25-21(18-13-10-14-19(16-18)29-4-2)20(23(27)24(25)28)22(26)17-11-7-6-8-12-17/h6-8,10-14,16,21,26H,3-5,9,15H2,1-2H3/b22-20-. The lowest BCUT2D eigenvalue weighted by molar-refractivity contribution is -0.139. The third-order valence-corrected chi connectivity index (χ3v) is 5.07. The van der Waals surface area contributed by atoms with Gasteiger partial charge in [0.2, 0.25) is 0 Å². The van der Waals surface area contributed by atoms with Gasteiger partial charge in [-0.2, -0.15) is 0 Å². The van der Waals surface area contributed by atoms with Crippen molar-refractivity contribution in [1.29, 1.82) is 0 Å². The molecule has 1 unspecified atom stereocenters. The van der Waals surface area contributed by atoms with Crippen LogP contribution in [0.5, 0.6) is 5.75 Å². The quantitative estimate of drug-likeness (QED) is 0.306. The summed E-state index contributed by atoms with van der Waals surface area (Å²) in [6.07, 6.45) is 2.78. The van der Waals surface area contributed by atoms with Crippen LogP contribution in [-0.4, -0.2) is 34.8 Å². The first kappa shape index (κ1) is 20.6. The maximum atomic E-state index is 12.9. The van der Waals surface area contributed by atoms with Crippen LogP contribution in [0.2, 0.25) is 0 Å². The number of unbranched alkanes of at least 4 members (excludes halogenated alkanes) is 2. The van der Waals surface area contributed by atoms with Crippen molar-refractivity contribution >= 4 is 17.4 Å². The Hall–Kier alpha value is -3.08. The Bertz CT molecular complexity index is 904. The summed E-state index contributed by atoms with van der Waals surface area (Å²) >= 11 is 0. The molecule has 5 heteroatoms. The second kappa shape index (κ2) is 9.41. The molecule has 1 heterocycles. The largest absolute Gasteiger partial charge is 0.507 e. The van der Waals surface area contributed by atoms with E-state index < -0.39 is 17.7 Å². The normalized spacial score (nSPS) is 18.3. The van der Waals surface area contributed by atoms with Crippen molar-refractivity contribution in [1.82, 2.24) is 4.90 Å². The maximum Gasteiger partial charge on any atom is 0.295 e. The first-order chi connectivity index (χ1) is 14.1. The van der Waals surface area contributed by atoms with Crippen molar-refractivity contribution < 1.29 is 19.4 Å². The zero-order valence-corrected chi connectivity index (χ0v) is 16.9. The van der Waals surface area contributed by atoms with Gasteiger partial charge in [0.05, 0.1) is 18.2 Å². The first-order valence-corrected chi connectivity index (χ1v) is 10.1. The van der Waals surface area contributed by atoms with Crippen LogP contribution in [0.1, 0.15) is 50.3 Å². The molecule has 152 valence electrons. The molecule has 1 aliphatic rings. The van der Waals surface area contributed by atoms with Crippen molar-refractivity contribution in [2.24, 2.45) is 0 Å². The van der Waals surface area contributed by atoms with Gasteiger partial charge in [-0.3, -0.25) is 9.59 Å². The summed E-state index contributed by atoms with van der Waals surface area (Å²) in [6, 6.07) is 15.6. The molecule has 0 aromatic heterocycles. The lowest BCUT2D eigenvalue weighted by atomic mass is 9.95. The van der Waals surface area contributed by atoms with Gasteiger partial charge in [0.15, 0.2) is 0 Å². The first-order valence-electron chi connectivity index (χ1n) is 10.1. The van der Waals surface area contributed by atoms with E-state index in [4.69, 9.17) is 4.74 Å². The molecule has 0 saturated carbocycles. The monoisotopic (exact) mass is 393 g/mol. The van der Waals surface area contributed by atoms with E-state index in [2.05, 4.69) is 6.92 Å². The lowest BCUT2D eigenvalue weighted by Crippen LogP contribution is -2.30. The third-order valence-electron chi connectivity index (χ3n) is 5.07. The summed E-state index contributed by atoms with van der Waals surface area (Å²) in [6.45, 7) is 4.98. The van der Waals surface area contributed by atoms with Crippen molar-refractivity contribution in [2.75, 3.05) is 13.2 Å². The minimum Gasteiger partial charge on any atom is -0.507 e. The number of ether oxygens (including phenoxy) is 1. The minimum atomic E-state index is -0.644. The Morgan fingerprint density at radius 2 is 1.79 bits per heavy atom. The SMILES string of the molecule is CCCCCN1C(=O)C(=O)/C(=C(\O)c2ccccc2)C1c1cccc(OCC)c1. The molecular weight excluding hydrogens is 366 g/mol. The summed E-state index contributed by atoms with van der Waals surface area (Å²) in [4.78, 5) is 27.3. The fourth-order valence-corrected chi connectivity index (χ4v) is 3.68. The fraction of sp³-hybridized carbons (Fsp3) is 0.333. The molecule has 2 aromatic rings. The average Bonchev–Trinajstić information content (AvgIpc) is 2.99. The van der Waals surface area contributed by atoms with Crippen molar-refractivity contribution in [3.05, 3.63) is 71.3 Å². The number of nitrogens with zero attached hydrogens (tertiary/aromatic N) is 1. The van der Waals surface area contributed by atoms with Crippen LogP contribution in [0.4, 0.5) is 0 Å². The number of hydrogen-bond acceptors (Lipinski definition) is 4. The van der Waals surface area contributed by atoms with Crippen LogP contribution in [0.3, 0.4) is 0 Å². The molecule has 0 spiro atoms. The zero-order valence-electron chi connectivity index (χ0n) is 16.9.